The predicted molar refractivity (Wildman–Crippen MR) is 52.7 cm³/mol. The second-order valence-corrected chi connectivity index (χ2v) is 4.42. The van der Waals surface area contributed by atoms with Crippen LogP contribution in [0.15, 0.2) is 0 Å². The highest BCUT2D eigenvalue weighted by Crippen LogP contribution is 2.32. The van der Waals surface area contributed by atoms with E-state index < -0.39 is 5.54 Å². The molecule has 0 bridgehead atoms. The molecule has 80 valence electrons. The molecule has 1 saturated carbocycles. The van der Waals surface area contributed by atoms with Crippen molar-refractivity contribution in [3.8, 4) is 0 Å². The molecule has 1 amide bonds. The Morgan fingerprint density at radius 3 is 2.64 bits per heavy atom. The fraction of sp³-hybridized carbons (Fsp3) is 0.900. The van der Waals surface area contributed by atoms with Crippen molar-refractivity contribution in [1.82, 2.24) is 5.32 Å². The van der Waals surface area contributed by atoms with Gasteiger partial charge >= 0.3 is 0 Å². The van der Waals surface area contributed by atoms with E-state index in [9.17, 15) is 4.79 Å². The zero-order valence-corrected chi connectivity index (χ0v) is 8.42. The van der Waals surface area contributed by atoms with Gasteiger partial charge in [-0.1, -0.05) is 0 Å². The smallest absolute Gasteiger partial charge is 0.240 e. The number of hydrogen-bond acceptors (Lipinski definition) is 3. The number of nitrogens with two attached hydrogens (primary N) is 1. The minimum atomic E-state index is -0.523. The molecule has 1 saturated heterocycles. The van der Waals surface area contributed by atoms with Gasteiger partial charge in [-0.15, -0.1) is 0 Å². The highest BCUT2D eigenvalue weighted by molar-refractivity contribution is 5.88. The lowest BCUT2D eigenvalue weighted by molar-refractivity contribution is -0.123. The van der Waals surface area contributed by atoms with Gasteiger partial charge in [0.25, 0.3) is 0 Å². The molecular formula is C10H18N2O2. The Bertz CT molecular complexity index is 220. The first-order valence-corrected chi connectivity index (χ1v) is 5.36. The summed E-state index contributed by atoms with van der Waals surface area (Å²) >= 11 is 0. The number of carbonyl (C=O) groups is 1. The molecule has 3 N–H and O–H groups in total. The molecule has 1 heterocycles. The Kier molecular flexibility index (Phi) is 2.74. The second kappa shape index (κ2) is 3.87. The summed E-state index contributed by atoms with van der Waals surface area (Å²) in [6.45, 7) is 2.42. The van der Waals surface area contributed by atoms with E-state index >= 15 is 0 Å². The molecule has 0 spiro atoms. The van der Waals surface area contributed by atoms with Crippen LogP contribution in [0.4, 0.5) is 0 Å². The van der Waals surface area contributed by atoms with Gasteiger partial charge in [-0.3, -0.25) is 4.79 Å². The molecule has 0 atom stereocenters. The highest BCUT2D eigenvalue weighted by Gasteiger charge is 2.45. The lowest BCUT2D eigenvalue weighted by Gasteiger charge is -2.22. The molecule has 1 aliphatic carbocycles. The fourth-order valence-electron chi connectivity index (χ4n) is 1.73. The number of rotatable bonds is 3. The van der Waals surface area contributed by atoms with E-state index in [0.717, 1.165) is 45.4 Å². The first-order chi connectivity index (χ1) is 6.71. The first kappa shape index (κ1) is 9.93. The SMILES string of the molecule is NC1(C(=O)NCC2CCOCC2)CC1. The molecular weight excluding hydrogens is 180 g/mol. The average Bonchev–Trinajstić information content (AvgIpc) is 2.96. The maximum atomic E-state index is 11.5. The first-order valence-electron chi connectivity index (χ1n) is 5.36. The number of carbonyl (C=O) groups excluding carboxylic acids is 1. The Hall–Kier alpha value is -0.610. The minimum Gasteiger partial charge on any atom is -0.381 e. The summed E-state index contributed by atoms with van der Waals surface area (Å²) < 4.78 is 5.25. The van der Waals surface area contributed by atoms with Crippen LogP contribution in [0.2, 0.25) is 0 Å². The Morgan fingerprint density at radius 1 is 1.43 bits per heavy atom. The van der Waals surface area contributed by atoms with Crippen molar-refractivity contribution >= 4 is 5.91 Å². The van der Waals surface area contributed by atoms with Crippen molar-refractivity contribution in [2.75, 3.05) is 19.8 Å². The molecule has 0 aromatic rings. The molecule has 14 heavy (non-hydrogen) atoms. The summed E-state index contributed by atoms with van der Waals surface area (Å²) in [5.74, 6) is 0.610. The molecule has 0 aromatic heterocycles. The van der Waals surface area contributed by atoms with E-state index in [1.54, 1.807) is 0 Å². The summed E-state index contributed by atoms with van der Waals surface area (Å²) in [6.07, 6.45) is 3.79. The largest absolute Gasteiger partial charge is 0.381 e. The maximum absolute atomic E-state index is 11.5. The molecule has 2 fully saturated rings. The summed E-state index contributed by atoms with van der Waals surface area (Å²) in [4.78, 5) is 11.5. The summed E-state index contributed by atoms with van der Waals surface area (Å²) in [5, 5.41) is 2.94. The molecule has 4 heteroatoms. The van der Waals surface area contributed by atoms with Crippen molar-refractivity contribution in [1.29, 1.82) is 0 Å². The number of nitrogens with one attached hydrogen (secondary N) is 1. The van der Waals surface area contributed by atoms with E-state index in [-0.39, 0.29) is 5.91 Å². The van der Waals surface area contributed by atoms with E-state index in [4.69, 9.17) is 10.5 Å². The topological polar surface area (TPSA) is 64.4 Å². The predicted octanol–water partition coefficient (Wildman–Crippen LogP) is 0.0205. The van der Waals surface area contributed by atoms with Crippen molar-refractivity contribution in [3.05, 3.63) is 0 Å². The van der Waals surface area contributed by atoms with Crippen LogP contribution in [0.25, 0.3) is 0 Å². The van der Waals surface area contributed by atoms with E-state index in [2.05, 4.69) is 5.32 Å². The van der Waals surface area contributed by atoms with Gasteiger partial charge < -0.3 is 15.8 Å². The van der Waals surface area contributed by atoms with Crippen LogP contribution < -0.4 is 11.1 Å². The van der Waals surface area contributed by atoms with Gasteiger partial charge in [0.15, 0.2) is 0 Å². The number of hydrogen-bond donors (Lipinski definition) is 2. The standard InChI is InChI=1S/C10H18N2O2/c11-10(3-4-10)9(13)12-7-8-1-5-14-6-2-8/h8H,1-7,11H2,(H,12,13). The van der Waals surface area contributed by atoms with Crippen LogP contribution >= 0.6 is 0 Å². The third kappa shape index (κ3) is 2.25. The van der Waals surface area contributed by atoms with E-state index in [0.29, 0.717) is 5.92 Å². The lowest BCUT2D eigenvalue weighted by Crippen LogP contribution is -2.44. The number of amides is 1. The summed E-state index contributed by atoms with van der Waals surface area (Å²) in [5.41, 5.74) is 5.25. The molecule has 2 rings (SSSR count). The zero-order chi connectivity index (χ0) is 10.0. The highest BCUT2D eigenvalue weighted by atomic mass is 16.5. The monoisotopic (exact) mass is 198 g/mol. The maximum Gasteiger partial charge on any atom is 0.240 e. The average molecular weight is 198 g/mol. The second-order valence-electron chi connectivity index (χ2n) is 4.42. The molecule has 0 unspecified atom stereocenters. The van der Waals surface area contributed by atoms with Crippen LogP contribution in [0.3, 0.4) is 0 Å². The van der Waals surface area contributed by atoms with Crippen molar-refractivity contribution in [2.24, 2.45) is 11.7 Å². The van der Waals surface area contributed by atoms with Gasteiger partial charge in [-0.2, -0.15) is 0 Å². The number of ether oxygens (including phenoxy) is 1. The Labute approximate surface area is 84.2 Å². The quantitative estimate of drug-likeness (QED) is 0.672. The lowest BCUT2D eigenvalue weighted by atomic mass is 10.0. The van der Waals surface area contributed by atoms with Gasteiger partial charge in [0, 0.05) is 19.8 Å². The van der Waals surface area contributed by atoms with Crippen LogP contribution in [-0.2, 0) is 9.53 Å². The molecule has 2 aliphatic rings. The van der Waals surface area contributed by atoms with Crippen LogP contribution in [0.5, 0.6) is 0 Å². The van der Waals surface area contributed by atoms with Gasteiger partial charge in [0.1, 0.15) is 0 Å². The summed E-state index contributed by atoms with van der Waals surface area (Å²) in [6, 6.07) is 0. The van der Waals surface area contributed by atoms with Crippen LogP contribution in [0.1, 0.15) is 25.7 Å². The van der Waals surface area contributed by atoms with Crippen LogP contribution in [-0.4, -0.2) is 31.2 Å². The Morgan fingerprint density at radius 2 is 2.07 bits per heavy atom. The molecule has 0 radical (unpaired) electrons. The Balaban J connectivity index is 1.68. The molecule has 1 aliphatic heterocycles. The molecule has 0 aromatic carbocycles. The van der Waals surface area contributed by atoms with Gasteiger partial charge in [-0.05, 0) is 31.6 Å². The molecule has 4 nitrogen and oxygen atoms in total. The van der Waals surface area contributed by atoms with Gasteiger partial charge in [0.05, 0.1) is 5.54 Å². The van der Waals surface area contributed by atoms with Gasteiger partial charge in [0.2, 0.25) is 5.91 Å². The van der Waals surface area contributed by atoms with Crippen molar-refractivity contribution in [3.63, 3.8) is 0 Å². The third-order valence-electron chi connectivity index (χ3n) is 3.13. The fourth-order valence-corrected chi connectivity index (χ4v) is 1.73. The zero-order valence-electron chi connectivity index (χ0n) is 8.42. The third-order valence-corrected chi connectivity index (χ3v) is 3.13. The van der Waals surface area contributed by atoms with Crippen molar-refractivity contribution in [2.45, 2.75) is 31.2 Å². The normalized spacial score (nSPS) is 25.8. The minimum absolute atomic E-state index is 0.0315. The van der Waals surface area contributed by atoms with Crippen LogP contribution in [0, 0.1) is 5.92 Å². The van der Waals surface area contributed by atoms with Crippen molar-refractivity contribution < 1.29 is 9.53 Å². The summed E-state index contributed by atoms with van der Waals surface area (Å²) in [7, 11) is 0. The van der Waals surface area contributed by atoms with E-state index in [1.807, 2.05) is 0 Å². The van der Waals surface area contributed by atoms with E-state index in [1.165, 1.54) is 0 Å². The van der Waals surface area contributed by atoms with Gasteiger partial charge in [-0.25, -0.2) is 0 Å².